The maximum absolute atomic E-state index is 10.5. The standard InChI is InChI=1S/C13H17N3O2/c17-16(18)11-13-14-8-10-15(13)9-4-7-12-5-2-1-3-6-12/h1-3,5-6,11,14H,4,7-10H2/b13-11+. The van der Waals surface area contributed by atoms with E-state index in [2.05, 4.69) is 17.4 Å². The van der Waals surface area contributed by atoms with Crippen LogP contribution in [0.4, 0.5) is 0 Å². The number of hydrogen-bond acceptors (Lipinski definition) is 4. The van der Waals surface area contributed by atoms with Crippen molar-refractivity contribution in [2.75, 3.05) is 19.6 Å². The van der Waals surface area contributed by atoms with Crippen LogP contribution < -0.4 is 5.32 Å². The fraction of sp³-hybridized carbons (Fsp3) is 0.385. The van der Waals surface area contributed by atoms with Crippen LogP contribution in [0.3, 0.4) is 0 Å². The van der Waals surface area contributed by atoms with Crippen LogP contribution in [-0.2, 0) is 6.42 Å². The van der Waals surface area contributed by atoms with E-state index in [1.807, 2.05) is 23.1 Å². The Morgan fingerprint density at radius 1 is 1.39 bits per heavy atom. The first kappa shape index (κ1) is 12.4. The lowest BCUT2D eigenvalue weighted by Crippen LogP contribution is -2.22. The van der Waals surface area contributed by atoms with E-state index in [1.165, 1.54) is 5.56 Å². The van der Waals surface area contributed by atoms with Gasteiger partial charge in [0.15, 0.2) is 5.82 Å². The minimum Gasteiger partial charge on any atom is -0.365 e. The molecule has 2 rings (SSSR count). The Kier molecular flexibility index (Phi) is 4.17. The van der Waals surface area contributed by atoms with E-state index in [0.29, 0.717) is 5.82 Å². The Labute approximate surface area is 106 Å². The summed E-state index contributed by atoms with van der Waals surface area (Å²) in [6.45, 7) is 2.47. The molecule has 0 bridgehead atoms. The lowest BCUT2D eigenvalue weighted by Gasteiger charge is -2.16. The van der Waals surface area contributed by atoms with Crippen molar-refractivity contribution in [1.82, 2.24) is 10.2 Å². The molecule has 0 unspecified atom stereocenters. The zero-order valence-electron chi connectivity index (χ0n) is 10.2. The largest absolute Gasteiger partial charge is 0.365 e. The average Bonchev–Trinajstić information content (AvgIpc) is 2.77. The fourth-order valence-corrected chi connectivity index (χ4v) is 2.13. The summed E-state index contributed by atoms with van der Waals surface area (Å²) in [6, 6.07) is 10.3. The topological polar surface area (TPSA) is 58.4 Å². The SMILES string of the molecule is O=[N+]([O-])/C=C1\NCCN1CCCc1ccccc1. The van der Waals surface area contributed by atoms with Crippen molar-refractivity contribution >= 4 is 0 Å². The van der Waals surface area contributed by atoms with E-state index in [1.54, 1.807) is 0 Å². The molecule has 1 aromatic carbocycles. The third kappa shape index (κ3) is 3.48. The molecule has 0 radical (unpaired) electrons. The van der Waals surface area contributed by atoms with Gasteiger partial charge >= 0.3 is 0 Å². The van der Waals surface area contributed by atoms with Gasteiger partial charge in [-0.25, -0.2) is 0 Å². The normalized spacial score (nSPS) is 16.9. The molecule has 1 N–H and O–H groups in total. The molecule has 0 aromatic heterocycles. The molecule has 5 heteroatoms. The molecule has 1 aliphatic heterocycles. The molecule has 0 aliphatic carbocycles. The van der Waals surface area contributed by atoms with Gasteiger partial charge in [-0.05, 0) is 18.4 Å². The minimum absolute atomic E-state index is 0.405. The van der Waals surface area contributed by atoms with Gasteiger partial charge in [-0.1, -0.05) is 30.3 Å². The first-order chi connectivity index (χ1) is 8.75. The predicted octanol–water partition coefficient (Wildman–Crippen LogP) is 1.60. The van der Waals surface area contributed by atoms with Crippen LogP contribution in [0.5, 0.6) is 0 Å². The van der Waals surface area contributed by atoms with Gasteiger partial charge in [0.05, 0.1) is 4.92 Å². The molecule has 18 heavy (non-hydrogen) atoms. The molecule has 5 nitrogen and oxygen atoms in total. The van der Waals surface area contributed by atoms with Crippen LogP contribution in [0, 0.1) is 10.1 Å². The second-order valence-corrected chi connectivity index (χ2v) is 4.30. The molecular formula is C13H17N3O2. The summed E-state index contributed by atoms with van der Waals surface area (Å²) in [5.41, 5.74) is 1.31. The predicted molar refractivity (Wildman–Crippen MR) is 69.4 cm³/mol. The van der Waals surface area contributed by atoms with E-state index < -0.39 is 4.92 Å². The van der Waals surface area contributed by atoms with Gasteiger partial charge in [0.2, 0.25) is 0 Å². The molecule has 1 saturated heterocycles. The Morgan fingerprint density at radius 2 is 2.17 bits per heavy atom. The number of rotatable bonds is 5. The summed E-state index contributed by atoms with van der Waals surface area (Å²) in [6.07, 6.45) is 3.05. The van der Waals surface area contributed by atoms with E-state index in [0.717, 1.165) is 38.7 Å². The second kappa shape index (κ2) is 6.05. The van der Waals surface area contributed by atoms with E-state index in [-0.39, 0.29) is 0 Å². The maximum atomic E-state index is 10.5. The Hall–Kier alpha value is -2.04. The zero-order valence-corrected chi connectivity index (χ0v) is 10.2. The molecule has 96 valence electrons. The van der Waals surface area contributed by atoms with Crippen LogP contribution in [0.15, 0.2) is 42.4 Å². The van der Waals surface area contributed by atoms with Crippen LogP contribution in [0.2, 0.25) is 0 Å². The first-order valence-corrected chi connectivity index (χ1v) is 6.14. The van der Waals surface area contributed by atoms with Crippen molar-refractivity contribution in [3.05, 3.63) is 58.0 Å². The van der Waals surface area contributed by atoms with Gasteiger partial charge in [0.25, 0.3) is 6.20 Å². The number of benzene rings is 1. The van der Waals surface area contributed by atoms with Crippen molar-refractivity contribution in [3.63, 3.8) is 0 Å². The van der Waals surface area contributed by atoms with E-state index >= 15 is 0 Å². The number of nitro groups is 1. The second-order valence-electron chi connectivity index (χ2n) is 4.30. The van der Waals surface area contributed by atoms with Crippen molar-refractivity contribution in [3.8, 4) is 0 Å². The van der Waals surface area contributed by atoms with Crippen LogP contribution in [0.25, 0.3) is 0 Å². The highest BCUT2D eigenvalue weighted by molar-refractivity contribution is 5.14. The first-order valence-electron chi connectivity index (χ1n) is 6.14. The average molecular weight is 247 g/mol. The minimum atomic E-state index is -0.405. The molecule has 0 spiro atoms. The molecule has 0 amide bonds. The highest BCUT2D eigenvalue weighted by Gasteiger charge is 2.18. The molecule has 1 heterocycles. The van der Waals surface area contributed by atoms with Gasteiger partial charge in [-0.2, -0.15) is 0 Å². The van der Waals surface area contributed by atoms with Crippen molar-refractivity contribution in [2.45, 2.75) is 12.8 Å². The van der Waals surface area contributed by atoms with Gasteiger partial charge in [0, 0.05) is 19.6 Å². The fourth-order valence-electron chi connectivity index (χ4n) is 2.13. The monoisotopic (exact) mass is 247 g/mol. The summed E-state index contributed by atoms with van der Waals surface area (Å²) >= 11 is 0. The van der Waals surface area contributed by atoms with Gasteiger partial charge in [-0.15, -0.1) is 0 Å². The van der Waals surface area contributed by atoms with Crippen LogP contribution in [0.1, 0.15) is 12.0 Å². The summed E-state index contributed by atoms with van der Waals surface area (Å²) in [5, 5.41) is 13.5. The number of nitrogens with one attached hydrogen (secondary N) is 1. The Balaban J connectivity index is 1.81. The van der Waals surface area contributed by atoms with Crippen LogP contribution >= 0.6 is 0 Å². The van der Waals surface area contributed by atoms with E-state index in [9.17, 15) is 10.1 Å². The summed E-state index contributed by atoms with van der Waals surface area (Å²) in [5.74, 6) is 0.632. The molecule has 1 fully saturated rings. The quantitative estimate of drug-likeness (QED) is 0.634. The number of nitrogens with zero attached hydrogens (tertiary/aromatic N) is 2. The van der Waals surface area contributed by atoms with Gasteiger partial charge in [0.1, 0.15) is 0 Å². The molecule has 1 aliphatic rings. The maximum Gasteiger partial charge on any atom is 0.274 e. The third-order valence-corrected chi connectivity index (χ3v) is 2.99. The highest BCUT2D eigenvalue weighted by Crippen LogP contribution is 2.10. The summed E-state index contributed by atoms with van der Waals surface area (Å²) in [4.78, 5) is 12.1. The van der Waals surface area contributed by atoms with E-state index in [4.69, 9.17) is 0 Å². The van der Waals surface area contributed by atoms with Gasteiger partial charge in [-0.3, -0.25) is 10.1 Å². The summed E-state index contributed by atoms with van der Waals surface area (Å²) in [7, 11) is 0. The smallest absolute Gasteiger partial charge is 0.274 e. The van der Waals surface area contributed by atoms with Crippen LogP contribution in [-0.4, -0.2) is 29.5 Å². The van der Waals surface area contributed by atoms with Gasteiger partial charge < -0.3 is 10.2 Å². The molecule has 0 saturated carbocycles. The molecule has 0 atom stereocenters. The number of hydrogen-bond donors (Lipinski definition) is 1. The lowest BCUT2D eigenvalue weighted by atomic mass is 10.1. The summed E-state index contributed by atoms with van der Waals surface area (Å²) < 4.78 is 0. The number of aryl methyl sites for hydroxylation is 1. The van der Waals surface area contributed by atoms with Crippen molar-refractivity contribution in [2.24, 2.45) is 0 Å². The third-order valence-electron chi connectivity index (χ3n) is 2.99. The Bertz CT molecular complexity index is 431. The van der Waals surface area contributed by atoms with Crippen molar-refractivity contribution < 1.29 is 4.92 Å². The zero-order chi connectivity index (χ0) is 12.8. The molecule has 1 aromatic rings. The van der Waals surface area contributed by atoms with Crippen molar-refractivity contribution in [1.29, 1.82) is 0 Å². The highest BCUT2D eigenvalue weighted by atomic mass is 16.6. The lowest BCUT2D eigenvalue weighted by molar-refractivity contribution is -0.404. The Morgan fingerprint density at radius 3 is 2.89 bits per heavy atom. The molecular weight excluding hydrogens is 230 g/mol.